The highest BCUT2D eigenvalue weighted by Gasteiger charge is 2.29. The minimum absolute atomic E-state index is 0.0258. The average molecular weight is 330 g/mol. The Balaban J connectivity index is 0. The summed E-state index contributed by atoms with van der Waals surface area (Å²) in [6.45, 7) is -1.45. The Morgan fingerprint density at radius 2 is 0.909 bits per heavy atom. The van der Waals surface area contributed by atoms with E-state index in [0.717, 1.165) is 0 Å². The maximum atomic E-state index is 9.90. The number of carbonyl (C=O) groups excluding carboxylic acids is 2. The molecule has 0 aromatic rings. The topological polar surface area (TPSA) is 216 Å². The Kier molecular flexibility index (Phi) is 13.2. The molecule has 0 saturated carbocycles. The van der Waals surface area contributed by atoms with Gasteiger partial charge in [0.25, 0.3) is 0 Å². The standard InChI is InChI=1S/C6H12O6.C5H10O5/c7-1-3(9)5(11)6(12)4(10)2-8;6-1-3(8)5(10)4(9)2-7/h1,3-6,8-12H,2H2;1,3-5,7-10H,2H2/t3-,4+,5-,6+;3-,4-,5-/m01/s1. The van der Waals surface area contributed by atoms with E-state index in [0.29, 0.717) is 0 Å². The zero-order chi connectivity index (χ0) is 17.9. The van der Waals surface area contributed by atoms with Crippen LogP contribution in [0.5, 0.6) is 0 Å². The van der Waals surface area contributed by atoms with Gasteiger partial charge in [-0.1, -0.05) is 0 Å². The van der Waals surface area contributed by atoms with Gasteiger partial charge in [-0.25, -0.2) is 0 Å². The zero-order valence-corrected chi connectivity index (χ0v) is 11.5. The number of aldehydes is 2. The van der Waals surface area contributed by atoms with Gasteiger partial charge in [-0.2, -0.15) is 0 Å². The van der Waals surface area contributed by atoms with Crippen LogP contribution in [-0.2, 0) is 9.59 Å². The van der Waals surface area contributed by atoms with Crippen molar-refractivity contribution in [2.45, 2.75) is 42.7 Å². The third-order valence-electron chi connectivity index (χ3n) is 2.49. The minimum Gasteiger partial charge on any atom is -0.394 e. The van der Waals surface area contributed by atoms with E-state index in [-0.39, 0.29) is 12.6 Å². The van der Waals surface area contributed by atoms with Gasteiger partial charge in [-0.3, -0.25) is 0 Å². The maximum Gasteiger partial charge on any atom is 0.151 e. The highest BCUT2D eigenvalue weighted by Crippen LogP contribution is 2.03. The Bertz CT molecular complexity index is 300. The van der Waals surface area contributed by atoms with Crippen LogP contribution in [0.1, 0.15) is 0 Å². The van der Waals surface area contributed by atoms with Gasteiger partial charge >= 0.3 is 0 Å². The van der Waals surface area contributed by atoms with Crippen LogP contribution >= 0.6 is 0 Å². The molecule has 0 bridgehead atoms. The Hall–Kier alpha value is -1.02. The fourth-order valence-electron chi connectivity index (χ4n) is 1.03. The molecule has 132 valence electrons. The van der Waals surface area contributed by atoms with Gasteiger partial charge in [-0.05, 0) is 0 Å². The molecular weight excluding hydrogens is 308 g/mol. The molecule has 0 amide bonds. The molecule has 7 atom stereocenters. The molecule has 0 radical (unpaired) electrons. The fraction of sp³-hybridized carbons (Fsp3) is 0.818. The van der Waals surface area contributed by atoms with Crippen LogP contribution in [0.4, 0.5) is 0 Å². The molecule has 22 heavy (non-hydrogen) atoms. The summed E-state index contributed by atoms with van der Waals surface area (Å²) in [7, 11) is 0. The predicted octanol–water partition coefficient (Wildman–Crippen LogP) is -6.12. The van der Waals surface area contributed by atoms with E-state index in [1.54, 1.807) is 0 Å². The molecule has 0 aliphatic carbocycles. The first-order chi connectivity index (χ1) is 10.2. The van der Waals surface area contributed by atoms with Gasteiger partial charge in [0.2, 0.25) is 0 Å². The van der Waals surface area contributed by atoms with Crippen molar-refractivity contribution in [3.05, 3.63) is 0 Å². The van der Waals surface area contributed by atoms with Gasteiger partial charge in [0.1, 0.15) is 42.7 Å². The number of carbonyl (C=O) groups is 2. The first-order valence-corrected chi connectivity index (χ1v) is 6.06. The molecular formula is C11H22O11. The molecule has 11 heteroatoms. The van der Waals surface area contributed by atoms with Gasteiger partial charge in [-0.15, -0.1) is 0 Å². The Morgan fingerprint density at radius 3 is 1.23 bits per heavy atom. The summed E-state index contributed by atoms with van der Waals surface area (Å²) in [6, 6.07) is 0. The van der Waals surface area contributed by atoms with E-state index < -0.39 is 55.9 Å². The highest BCUT2D eigenvalue weighted by molar-refractivity contribution is 5.57. The molecule has 0 aliphatic heterocycles. The molecule has 0 heterocycles. The second-order valence-corrected chi connectivity index (χ2v) is 4.22. The maximum absolute atomic E-state index is 9.90. The summed E-state index contributed by atoms with van der Waals surface area (Å²) < 4.78 is 0. The van der Waals surface area contributed by atoms with E-state index >= 15 is 0 Å². The van der Waals surface area contributed by atoms with Crippen molar-refractivity contribution in [1.29, 1.82) is 0 Å². The molecule has 0 saturated heterocycles. The first kappa shape index (κ1) is 23.2. The van der Waals surface area contributed by atoms with Gasteiger partial charge in [0.05, 0.1) is 13.2 Å². The fourth-order valence-corrected chi connectivity index (χ4v) is 1.03. The normalized spacial score (nSPS) is 20.4. The average Bonchev–Trinajstić information content (AvgIpc) is 2.56. The van der Waals surface area contributed by atoms with E-state index in [1.807, 2.05) is 0 Å². The molecule has 0 fully saturated rings. The molecule has 0 aliphatic rings. The SMILES string of the molecule is O=C[C@@H](O)[C@@H](O)[C@H](O)CO.O=C[C@H](O)[C@H](O)[C@H](O)[C@H](O)CO. The monoisotopic (exact) mass is 330 g/mol. The van der Waals surface area contributed by atoms with Crippen LogP contribution in [0, 0.1) is 0 Å². The van der Waals surface area contributed by atoms with Crippen LogP contribution in [0.25, 0.3) is 0 Å². The molecule has 11 nitrogen and oxygen atoms in total. The lowest BCUT2D eigenvalue weighted by molar-refractivity contribution is -0.136. The van der Waals surface area contributed by atoms with E-state index in [1.165, 1.54) is 0 Å². The number of hydrogen-bond acceptors (Lipinski definition) is 11. The van der Waals surface area contributed by atoms with Crippen molar-refractivity contribution >= 4 is 12.6 Å². The van der Waals surface area contributed by atoms with Gasteiger partial charge < -0.3 is 55.5 Å². The molecule has 9 N–H and O–H groups in total. The van der Waals surface area contributed by atoms with Crippen molar-refractivity contribution in [3.8, 4) is 0 Å². The summed E-state index contributed by atoms with van der Waals surface area (Å²) in [5.74, 6) is 0. The molecule has 0 unspecified atom stereocenters. The smallest absolute Gasteiger partial charge is 0.151 e. The predicted molar refractivity (Wildman–Crippen MR) is 68.3 cm³/mol. The third-order valence-corrected chi connectivity index (χ3v) is 2.49. The summed E-state index contributed by atoms with van der Waals surface area (Å²) >= 11 is 0. The minimum atomic E-state index is -1.79. The largest absolute Gasteiger partial charge is 0.394 e. The number of rotatable bonds is 9. The lowest BCUT2D eigenvalue weighted by Gasteiger charge is -2.22. The van der Waals surface area contributed by atoms with Crippen molar-refractivity contribution in [2.24, 2.45) is 0 Å². The van der Waals surface area contributed by atoms with Gasteiger partial charge in [0.15, 0.2) is 12.6 Å². The van der Waals surface area contributed by atoms with Crippen LogP contribution in [0.15, 0.2) is 0 Å². The zero-order valence-electron chi connectivity index (χ0n) is 11.5. The lowest BCUT2D eigenvalue weighted by atomic mass is 10.0. The Morgan fingerprint density at radius 1 is 0.591 bits per heavy atom. The van der Waals surface area contributed by atoms with E-state index in [9.17, 15) is 9.59 Å². The summed E-state index contributed by atoms with van der Waals surface area (Å²) in [5, 5.41) is 77.6. The Labute approximate surface area is 125 Å². The molecule has 0 spiro atoms. The van der Waals surface area contributed by atoms with Crippen LogP contribution < -0.4 is 0 Å². The molecule has 0 rings (SSSR count). The van der Waals surface area contributed by atoms with Gasteiger partial charge in [0, 0.05) is 0 Å². The summed E-state index contributed by atoms with van der Waals surface area (Å²) in [6.07, 6.45) is -11.5. The second-order valence-electron chi connectivity index (χ2n) is 4.22. The number of aliphatic hydroxyl groups excluding tert-OH is 9. The summed E-state index contributed by atoms with van der Waals surface area (Å²) in [4.78, 5) is 19.7. The van der Waals surface area contributed by atoms with E-state index in [4.69, 9.17) is 46.0 Å². The van der Waals surface area contributed by atoms with Crippen LogP contribution in [-0.4, -0.2) is 114 Å². The van der Waals surface area contributed by atoms with Crippen molar-refractivity contribution < 1.29 is 55.5 Å². The van der Waals surface area contributed by atoms with Crippen molar-refractivity contribution in [2.75, 3.05) is 13.2 Å². The molecule has 0 aromatic carbocycles. The van der Waals surface area contributed by atoms with Crippen molar-refractivity contribution in [3.63, 3.8) is 0 Å². The van der Waals surface area contributed by atoms with E-state index in [2.05, 4.69) is 0 Å². The third kappa shape index (κ3) is 8.43. The lowest BCUT2D eigenvalue weighted by Crippen LogP contribution is -2.46. The van der Waals surface area contributed by atoms with Crippen LogP contribution in [0.2, 0.25) is 0 Å². The molecule has 0 aromatic heterocycles. The number of hydrogen-bond donors (Lipinski definition) is 9. The second kappa shape index (κ2) is 12.5. The highest BCUT2D eigenvalue weighted by atomic mass is 16.4. The first-order valence-electron chi connectivity index (χ1n) is 6.06. The van der Waals surface area contributed by atoms with Crippen LogP contribution in [0.3, 0.4) is 0 Å². The quantitative estimate of drug-likeness (QED) is 0.181. The number of aliphatic hydroxyl groups is 9. The van der Waals surface area contributed by atoms with Crippen molar-refractivity contribution in [1.82, 2.24) is 0 Å². The summed E-state index contributed by atoms with van der Waals surface area (Å²) in [5.41, 5.74) is 0.